The molecular formula is C16H23FN2OS. The summed E-state index contributed by atoms with van der Waals surface area (Å²) in [5, 5.41) is 0. The first-order valence-corrected chi connectivity index (χ1v) is 8.50. The maximum Gasteiger partial charge on any atom is 0.223 e. The number of likely N-dealkylation sites (tertiary alicyclic amines) is 1. The van der Waals surface area contributed by atoms with Gasteiger partial charge in [-0.1, -0.05) is 12.1 Å². The Morgan fingerprint density at radius 2 is 2.24 bits per heavy atom. The van der Waals surface area contributed by atoms with Gasteiger partial charge in [0.1, 0.15) is 5.82 Å². The molecular weight excluding hydrogens is 287 g/mol. The number of rotatable bonds is 5. The fourth-order valence-corrected chi connectivity index (χ4v) is 3.64. The molecule has 2 rings (SSSR count). The van der Waals surface area contributed by atoms with Crippen LogP contribution in [0.25, 0.3) is 0 Å². The van der Waals surface area contributed by atoms with E-state index in [0.717, 1.165) is 25.8 Å². The van der Waals surface area contributed by atoms with Crippen LogP contribution in [-0.4, -0.2) is 35.2 Å². The molecule has 1 fully saturated rings. The van der Waals surface area contributed by atoms with E-state index in [0.29, 0.717) is 17.1 Å². The predicted molar refractivity (Wildman–Crippen MR) is 84.7 cm³/mol. The number of carbonyl (C=O) groups is 1. The standard InChI is InChI=1S/C16H23FN2OS/c1-12(18)14-7-4-5-10-19(14)16(20)9-11-21-15-8-3-2-6-13(15)17/h2-3,6,8,12,14H,4-5,7,9-11,18H2,1H3. The highest BCUT2D eigenvalue weighted by Gasteiger charge is 2.28. The van der Waals surface area contributed by atoms with Crippen molar-refractivity contribution < 1.29 is 9.18 Å². The summed E-state index contributed by atoms with van der Waals surface area (Å²) in [6.07, 6.45) is 3.61. The van der Waals surface area contributed by atoms with Gasteiger partial charge >= 0.3 is 0 Å². The maximum atomic E-state index is 13.5. The summed E-state index contributed by atoms with van der Waals surface area (Å²) in [6, 6.07) is 6.84. The lowest BCUT2D eigenvalue weighted by Crippen LogP contribution is -2.51. The van der Waals surface area contributed by atoms with Crippen molar-refractivity contribution in [3.05, 3.63) is 30.1 Å². The minimum atomic E-state index is -0.221. The Kier molecular flexibility index (Phi) is 6.06. The second-order valence-electron chi connectivity index (χ2n) is 5.54. The molecule has 2 unspecified atom stereocenters. The van der Waals surface area contributed by atoms with Crippen LogP contribution >= 0.6 is 11.8 Å². The first-order valence-electron chi connectivity index (χ1n) is 7.52. The number of benzene rings is 1. The molecule has 0 aromatic heterocycles. The fourth-order valence-electron chi connectivity index (χ4n) is 2.77. The summed E-state index contributed by atoms with van der Waals surface area (Å²) >= 11 is 1.40. The van der Waals surface area contributed by atoms with Crippen molar-refractivity contribution in [2.45, 2.75) is 49.6 Å². The SMILES string of the molecule is CC(N)C1CCCCN1C(=O)CCSc1ccccc1F. The van der Waals surface area contributed by atoms with Gasteiger partial charge in [-0.15, -0.1) is 11.8 Å². The smallest absolute Gasteiger partial charge is 0.223 e. The normalized spacial score (nSPS) is 20.3. The van der Waals surface area contributed by atoms with E-state index in [1.54, 1.807) is 12.1 Å². The van der Waals surface area contributed by atoms with E-state index in [9.17, 15) is 9.18 Å². The van der Waals surface area contributed by atoms with E-state index >= 15 is 0 Å². The van der Waals surface area contributed by atoms with Crippen molar-refractivity contribution in [1.29, 1.82) is 0 Å². The zero-order chi connectivity index (χ0) is 15.2. The number of piperidine rings is 1. The van der Waals surface area contributed by atoms with Crippen LogP contribution in [0.4, 0.5) is 4.39 Å². The third-order valence-corrected chi connectivity index (χ3v) is 4.94. The van der Waals surface area contributed by atoms with Crippen molar-refractivity contribution in [3.63, 3.8) is 0 Å². The van der Waals surface area contributed by atoms with Gasteiger partial charge in [0.05, 0.1) is 0 Å². The molecule has 0 bridgehead atoms. The highest BCUT2D eigenvalue weighted by atomic mass is 32.2. The van der Waals surface area contributed by atoms with E-state index in [1.807, 2.05) is 17.9 Å². The summed E-state index contributed by atoms with van der Waals surface area (Å²) in [6.45, 7) is 2.76. The van der Waals surface area contributed by atoms with Crippen LogP contribution < -0.4 is 5.73 Å². The molecule has 1 saturated heterocycles. The van der Waals surface area contributed by atoms with Gasteiger partial charge in [0, 0.05) is 35.7 Å². The Labute approximate surface area is 130 Å². The molecule has 0 radical (unpaired) electrons. The van der Waals surface area contributed by atoms with Gasteiger partial charge in [0.15, 0.2) is 0 Å². The number of carbonyl (C=O) groups excluding carboxylic acids is 1. The zero-order valence-corrected chi connectivity index (χ0v) is 13.2. The van der Waals surface area contributed by atoms with Crippen LogP contribution in [0.3, 0.4) is 0 Å². The summed E-state index contributed by atoms with van der Waals surface area (Å²) in [5.41, 5.74) is 5.99. The topological polar surface area (TPSA) is 46.3 Å². The number of thioether (sulfide) groups is 1. The van der Waals surface area contributed by atoms with Crippen molar-refractivity contribution >= 4 is 17.7 Å². The highest BCUT2D eigenvalue weighted by Crippen LogP contribution is 2.24. The third kappa shape index (κ3) is 4.45. The van der Waals surface area contributed by atoms with Crippen LogP contribution in [0.5, 0.6) is 0 Å². The van der Waals surface area contributed by atoms with Crippen LogP contribution in [0, 0.1) is 5.82 Å². The lowest BCUT2D eigenvalue weighted by atomic mass is 9.96. The van der Waals surface area contributed by atoms with Crippen LogP contribution in [0.15, 0.2) is 29.2 Å². The van der Waals surface area contributed by atoms with Crippen molar-refractivity contribution in [2.24, 2.45) is 5.73 Å². The summed E-state index contributed by atoms with van der Waals surface area (Å²) in [4.78, 5) is 14.9. The molecule has 1 aliphatic heterocycles. The van der Waals surface area contributed by atoms with Gasteiger partial charge < -0.3 is 10.6 Å². The molecule has 0 spiro atoms. The number of halogens is 1. The number of amides is 1. The summed E-state index contributed by atoms with van der Waals surface area (Å²) in [7, 11) is 0. The molecule has 116 valence electrons. The van der Waals surface area contributed by atoms with Gasteiger partial charge in [-0.3, -0.25) is 4.79 Å². The van der Waals surface area contributed by atoms with Gasteiger partial charge in [-0.05, 0) is 38.3 Å². The first kappa shape index (κ1) is 16.3. The predicted octanol–water partition coefficient (Wildman–Crippen LogP) is 3.04. The Hall–Kier alpha value is -1.07. The quantitative estimate of drug-likeness (QED) is 0.850. The second kappa shape index (κ2) is 7.80. The number of hydrogen-bond acceptors (Lipinski definition) is 3. The molecule has 5 heteroatoms. The third-order valence-electron chi connectivity index (χ3n) is 3.89. The molecule has 1 heterocycles. The average Bonchev–Trinajstić information content (AvgIpc) is 2.49. The average molecular weight is 310 g/mol. The van der Waals surface area contributed by atoms with E-state index in [1.165, 1.54) is 17.8 Å². The lowest BCUT2D eigenvalue weighted by Gasteiger charge is -2.38. The lowest BCUT2D eigenvalue weighted by molar-refractivity contribution is -0.134. The molecule has 1 aromatic carbocycles. The number of nitrogens with zero attached hydrogens (tertiary/aromatic N) is 1. The fraction of sp³-hybridized carbons (Fsp3) is 0.562. The first-order chi connectivity index (χ1) is 10.1. The minimum absolute atomic E-state index is 0.00784. The van der Waals surface area contributed by atoms with Gasteiger partial charge in [0.2, 0.25) is 5.91 Å². The van der Waals surface area contributed by atoms with Crippen molar-refractivity contribution in [3.8, 4) is 0 Å². The molecule has 21 heavy (non-hydrogen) atoms. The van der Waals surface area contributed by atoms with Crippen molar-refractivity contribution in [2.75, 3.05) is 12.3 Å². The number of nitrogens with two attached hydrogens (primary N) is 1. The highest BCUT2D eigenvalue weighted by molar-refractivity contribution is 7.99. The molecule has 0 aliphatic carbocycles. The largest absolute Gasteiger partial charge is 0.338 e. The van der Waals surface area contributed by atoms with Crippen LogP contribution in [0.1, 0.15) is 32.6 Å². The molecule has 1 aromatic rings. The van der Waals surface area contributed by atoms with E-state index < -0.39 is 0 Å². The minimum Gasteiger partial charge on any atom is -0.338 e. The van der Waals surface area contributed by atoms with Gasteiger partial charge in [0.25, 0.3) is 0 Å². The number of hydrogen-bond donors (Lipinski definition) is 1. The van der Waals surface area contributed by atoms with E-state index in [-0.39, 0.29) is 23.8 Å². The van der Waals surface area contributed by atoms with Gasteiger partial charge in [-0.25, -0.2) is 4.39 Å². The molecule has 1 aliphatic rings. The zero-order valence-electron chi connectivity index (χ0n) is 12.4. The Bertz CT molecular complexity index is 481. The molecule has 3 nitrogen and oxygen atoms in total. The second-order valence-corrected chi connectivity index (χ2v) is 6.68. The monoisotopic (exact) mass is 310 g/mol. The molecule has 0 saturated carbocycles. The Morgan fingerprint density at radius 1 is 1.48 bits per heavy atom. The van der Waals surface area contributed by atoms with Crippen LogP contribution in [0.2, 0.25) is 0 Å². The molecule has 1 amide bonds. The van der Waals surface area contributed by atoms with Crippen molar-refractivity contribution in [1.82, 2.24) is 4.90 Å². The van der Waals surface area contributed by atoms with Crippen LogP contribution in [-0.2, 0) is 4.79 Å². The summed E-state index contributed by atoms with van der Waals surface area (Å²) in [5.74, 6) is 0.518. The van der Waals surface area contributed by atoms with Gasteiger partial charge in [-0.2, -0.15) is 0 Å². The Balaban J connectivity index is 1.85. The maximum absolute atomic E-state index is 13.5. The molecule has 2 N–H and O–H groups in total. The van der Waals surface area contributed by atoms with E-state index in [2.05, 4.69) is 0 Å². The Morgan fingerprint density at radius 3 is 2.95 bits per heavy atom. The molecule has 2 atom stereocenters. The summed E-state index contributed by atoms with van der Waals surface area (Å²) < 4.78 is 13.5. The van der Waals surface area contributed by atoms with E-state index in [4.69, 9.17) is 5.73 Å².